The highest BCUT2D eigenvalue weighted by Gasteiger charge is 2.20. The third-order valence-corrected chi connectivity index (χ3v) is 3.78. The van der Waals surface area contributed by atoms with E-state index in [-0.39, 0.29) is 11.9 Å². The molecule has 0 aromatic carbocycles. The van der Waals surface area contributed by atoms with Gasteiger partial charge >= 0.3 is 0 Å². The number of carbonyl (C=O) groups is 1. The fourth-order valence-corrected chi connectivity index (χ4v) is 2.33. The maximum absolute atomic E-state index is 11.9. The summed E-state index contributed by atoms with van der Waals surface area (Å²) < 4.78 is 5.13. The lowest BCUT2D eigenvalue weighted by molar-refractivity contribution is -0.123. The van der Waals surface area contributed by atoms with Crippen LogP contribution >= 0.6 is 0 Å². The van der Waals surface area contributed by atoms with Gasteiger partial charge in [0.25, 0.3) is 0 Å². The van der Waals surface area contributed by atoms with Crippen LogP contribution in [-0.4, -0.2) is 64.6 Å². The Morgan fingerprint density at radius 2 is 2.00 bits per heavy atom. The van der Waals surface area contributed by atoms with Crippen molar-refractivity contribution in [2.45, 2.75) is 39.8 Å². The first-order valence-electron chi connectivity index (χ1n) is 7.60. The number of amides is 1. The third-order valence-electron chi connectivity index (χ3n) is 3.78. The van der Waals surface area contributed by atoms with E-state index in [1.807, 2.05) is 13.8 Å². The minimum absolute atomic E-state index is 0.116. The molecule has 0 aliphatic carbocycles. The van der Waals surface area contributed by atoms with Crippen LogP contribution in [0.15, 0.2) is 4.52 Å². The van der Waals surface area contributed by atoms with Crippen molar-refractivity contribution in [3.05, 3.63) is 11.7 Å². The van der Waals surface area contributed by atoms with Crippen molar-refractivity contribution in [1.82, 2.24) is 25.3 Å². The van der Waals surface area contributed by atoms with Gasteiger partial charge in [-0.3, -0.25) is 14.6 Å². The molecule has 1 aromatic rings. The average Bonchev–Trinajstić information content (AvgIpc) is 2.86. The van der Waals surface area contributed by atoms with Crippen molar-refractivity contribution < 1.29 is 9.32 Å². The Morgan fingerprint density at radius 3 is 2.57 bits per heavy atom. The van der Waals surface area contributed by atoms with Gasteiger partial charge in [0.15, 0.2) is 5.82 Å². The number of hydrogen-bond donors (Lipinski definition) is 1. The summed E-state index contributed by atoms with van der Waals surface area (Å²) in [6, 6.07) is 0.250. The molecule has 1 aliphatic heterocycles. The Morgan fingerprint density at radius 1 is 1.33 bits per heavy atom. The maximum atomic E-state index is 11.9. The smallest absolute Gasteiger partial charge is 0.240 e. The number of piperazine rings is 1. The van der Waals surface area contributed by atoms with Gasteiger partial charge in [0, 0.05) is 32.2 Å². The van der Waals surface area contributed by atoms with E-state index in [1.165, 1.54) is 0 Å². The SMILES string of the molecule is CC[C@@H](C)NC(=O)CN1CCN(Cc2nc(C)no2)CC1. The molecule has 7 nitrogen and oxygen atoms in total. The lowest BCUT2D eigenvalue weighted by Crippen LogP contribution is -2.49. The number of rotatable bonds is 6. The Hall–Kier alpha value is -1.47. The zero-order valence-electron chi connectivity index (χ0n) is 13.1. The summed E-state index contributed by atoms with van der Waals surface area (Å²) in [7, 11) is 0. The Bertz CT molecular complexity index is 454. The summed E-state index contributed by atoms with van der Waals surface area (Å²) >= 11 is 0. The van der Waals surface area contributed by atoms with Gasteiger partial charge < -0.3 is 9.84 Å². The molecule has 2 heterocycles. The van der Waals surface area contributed by atoms with Gasteiger partial charge in [-0.25, -0.2) is 0 Å². The van der Waals surface area contributed by atoms with Crippen LogP contribution in [0.1, 0.15) is 32.0 Å². The number of aromatic nitrogens is 2. The highest BCUT2D eigenvalue weighted by molar-refractivity contribution is 5.78. The molecule has 21 heavy (non-hydrogen) atoms. The molecule has 7 heteroatoms. The van der Waals surface area contributed by atoms with E-state index < -0.39 is 0 Å². The van der Waals surface area contributed by atoms with Crippen LogP contribution in [0, 0.1) is 6.92 Å². The van der Waals surface area contributed by atoms with E-state index >= 15 is 0 Å². The third kappa shape index (κ3) is 5.09. The van der Waals surface area contributed by atoms with Crippen LogP contribution in [0.2, 0.25) is 0 Å². The van der Waals surface area contributed by atoms with Gasteiger partial charge in [-0.2, -0.15) is 4.98 Å². The largest absolute Gasteiger partial charge is 0.353 e. The molecule has 1 aliphatic rings. The zero-order valence-corrected chi connectivity index (χ0v) is 13.1. The highest BCUT2D eigenvalue weighted by Crippen LogP contribution is 2.07. The van der Waals surface area contributed by atoms with Crippen LogP contribution in [-0.2, 0) is 11.3 Å². The first kappa shape index (κ1) is 15.9. The maximum Gasteiger partial charge on any atom is 0.240 e. The van der Waals surface area contributed by atoms with E-state index in [2.05, 4.69) is 32.2 Å². The number of nitrogens with one attached hydrogen (secondary N) is 1. The number of hydrogen-bond acceptors (Lipinski definition) is 6. The summed E-state index contributed by atoms with van der Waals surface area (Å²) in [4.78, 5) is 20.5. The van der Waals surface area contributed by atoms with E-state index in [0.29, 0.717) is 24.8 Å². The zero-order chi connectivity index (χ0) is 15.2. The fourth-order valence-electron chi connectivity index (χ4n) is 2.33. The Labute approximate surface area is 125 Å². The Kier molecular flexibility index (Phi) is 5.69. The summed E-state index contributed by atoms with van der Waals surface area (Å²) in [6.45, 7) is 10.7. The summed E-state index contributed by atoms with van der Waals surface area (Å²) in [5, 5.41) is 6.80. The molecule has 0 spiro atoms. The summed E-state index contributed by atoms with van der Waals surface area (Å²) in [5.74, 6) is 1.45. The van der Waals surface area contributed by atoms with Crippen LogP contribution in [0.25, 0.3) is 0 Å². The molecule has 2 rings (SSSR count). The molecular weight excluding hydrogens is 270 g/mol. The predicted octanol–water partition coefficient (Wildman–Crippen LogP) is 0.410. The quantitative estimate of drug-likeness (QED) is 0.819. The van der Waals surface area contributed by atoms with E-state index in [9.17, 15) is 4.79 Å². The molecule has 1 amide bonds. The van der Waals surface area contributed by atoms with Gasteiger partial charge in [0.1, 0.15) is 0 Å². The average molecular weight is 295 g/mol. The number of nitrogens with zero attached hydrogens (tertiary/aromatic N) is 4. The lowest BCUT2D eigenvalue weighted by atomic mass is 10.2. The molecule has 1 atom stereocenters. The molecule has 1 fully saturated rings. The standard InChI is InChI=1S/C14H25N5O2/c1-4-11(2)15-13(20)9-18-5-7-19(8-6-18)10-14-16-12(3)17-21-14/h11H,4-10H2,1-3H3,(H,15,20)/t11-/m1/s1. The second-order valence-electron chi connectivity index (χ2n) is 5.66. The van der Waals surface area contributed by atoms with E-state index in [0.717, 1.165) is 32.6 Å². The lowest BCUT2D eigenvalue weighted by Gasteiger charge is -2.33. The summed E-state index contributed by atoms with van der Waals surface area (Å²) in [6.07, 6.45) is 0.961. The van der Waals surface area contributed by atoms with Crippen LogP contribution in [0.5, 0.6) is 0 Å². The number of aryl methyl sites for hydroxylation is 1. The number of carbonyl (C=O) groups excluding carboxylic acids is 1. The van der Waals surface area contributed by atoms with Gasteiger partial charge in [-0.15, -0.1) is 0 Å². The van der Waals surface area contributed by atoms with Gasteiger partial charge in [0.05, 0.1) is 13.1 Å². The molecule has 1 N–H and O–H groups in total. The van der Waals surface area contributed by atoms with Crippen LogP contribution in [0.4, 0.5) is 0 Å². The fraction of sp³-hybridized carbons (Fsp3) is 0.786. The molecule has 0 bridgehead atoms. The van der Waals surface area contributed by atoms with Crippen molar-refractivity contribution in [1.29, 1.82) is 0 Å². The molecule has 1 saturated heterocycles. The normalized spacial score (nSPS) is 18.6. The second kappa shape index (κ2) is 7.51. The second-order valence-corrected chi connectivity index (χ2v) is 5.66. The first-order chi connectivity index (χ1) is 10.1. The van der Waals surface area contributed by atoms with Crippen LogP contribution in [0.3, 0.4) is 0 Å². The van der Waals surface area contributed by atoms with Crippen LogP contribution < -0.4 is 5.32 Å². The molecule has 0 radical (unpaired) electrons. The van der Waals surface area contributed by atoms with Crippen molar-refractivity contribution in [3.8, 4) is 0 Å². The molecule has 0 unspecified atom stereocenters. The Balaban J connectivity index is 1.69. The molecule has 1 aromatic heterocycles. The molecular formula is C14H25N5O2. The topological polar surface area (TPSA) is 74.5 Å². The first-order valence-corrected chi connectivity index (χ1v) is 7.60. The van der Waals surface area contributed by atoms with E-state index in [4.69, 9.17) is 4.52 Å². The monoisotopic (exact) mass is 295 g/mol. The molecule has 118 valence electrons. The van der Waals surface area contributed by atoms with Crippen molar-refractivity contribution in [3.63, 3.8) is 0 Å². The van der Waals surface area contributed by atoms with E-state index in [1.54, 1.807) is 0 Å². The summed E-state index contributed by atoms with van der Waals surface area (Å²) in [5.41, 5.74) is 0. The minimum Gasteiger partial charge on any atom is -0.353 e. The van der Waals surface area contributed by atoms with Gasteiger partial charge in [-0.1, -0.05) is 12.1 Å². The predicted molar refractivity (Wildman–Crippen MR) is 78.6 cm³/mol. The minimum atomic E-state index is 0.116. The van der Waals surface area contributed by atoms with Gasteiger partial charge in [-0.05, 0) is 20.3 Å². The van der Waals surface area contributed by atoms with Crippen molar-refractivity contribution in [2.24, 2.45) is 0 Å². The van der Waals surface area contributed by atoms with Crippen molar-refractivity contribution in [2.75, 3.05) is 32.7 Å². The highest BCUT2D eigenvalue weighted by atomic mass is 16.5. The van der Waals surface area contributed by atoms with Gasteiger partial charge in [0.2, 0.25) is 11.8 Å². The molecule has 0 saturated carbocycles. The van der Waals surface area contributed by atoms with Crippen molar-refractivity contribution >= 4 is 5.91 Å².